The molecule has 0 aromatic heterocycles. The number of nitrogens with one attached hydrogen (secondary N) is 1. The largest absolute Gasteiger partial charge is 0.445 e. The summed E-state index contributed by atoms with van der Waals surface area (Å²) in [5.74, 6) is 5.72. The van der Waals surface area contributed by atoms with Crippen molar-refractivity contribution < 1.29 is 14.3 Å². The first-order valence-corrected chi connectivity index (χ1v) is 7.19. The molecule has 1 N–H and O–H groups in total. The van der Waals surface area contributed by atoms with Crippen molar-refractivity contribution in [3.05, 3.63) is 71.3 Å². The Labute approximate surface area is 135 Å². The molecule has 23 heavy (non-hydrogen) atoms. The smallest absolute Gasteiger partial charge is 0.408 e. The normalized spacial score (nSPS) is 9.43. The summed E-state index contributed by atoms with van der Waals surface area (Å²) in [6.07, 6.45) is -0.513. The van der Waals surface area contributed by atoms with Crippen molar-refractivity contribution in [2.45, 2.75) is 13.5 Å². The van der Waals surface area contributed by atoms with Crippen molar-refractivity contribution in [3.63, 3.8) is 0 Å². The molecule has 2 aromatic carbocycles. The lowest BCUT2D eigenvalue weighted by Gasteiger charge is -2.04. The van der Waals surface area contributed by atoms with Gasteiger partial charge < -0.3 is 10.1 Å². The lowest BCUT2D eigenvalue weighted by atomic mass is 10.1. The second-order valence-corrected chi connectivity index (χ2v) is 4.85. The summed E-state index contributed by atoms with van der Waals surface area (Å²) in [5, 5.41) is 2.56. The van der Waals surface area contributed by atoms with Crippen molar-refractivity contribution in [2.75, 3.05) is 6.54 Å². The van der Waals surface area contributed by atoms with Gasteiger partial charge in [0.2, 0.25) is 0 Å². The molecular weight excluding hydrogens is 290 g/mol. The van der Waals surface area contributed by atoms with Crippen molar-refractivity contribution in [1.29, 1.82) is 0 Å². The van der Waals surface area contributed by atoms with Crippen LogP contribution >= 0.6 is 0 Å². The van der Waals surface area contributed by atoms with Crippen LogP contribution in [0.25, 0.3) is 0 Å². The van der Waals surface area contributed by atoms with Crippen LogP contribution in [0.2, 0.25) is 0 Å². The van der Waals surface area contributed by atoms with Crippen molar-refractivity contribution in [3.8, 4) is 11.8 Å². The van der Waals surface area contributed by atoms with Crippen LogP contribution in [0.3, 0.4) is 0 Å². The quantitative estimate of drug-likeness (QED) is 0.697. The van der Waals surface area contributed by atoms with E-state index in [-0.39, 0.29) is 18.9 Å². The molecule has 0 heterocycles. The van der Waals surface area contributed by atoms with Gasteiger partial charge in [0.15, 0.2) is 5.78 Å². The average Bonchev–Trinajstić information content (AvgIpc) is 2.58. The highest BCUT2D eigenvalue weighted by atomic mass is 16.5. The molecule has 0 spiro atoms. The molecule has 2 rings (SSSR count). The van der Waals surface area contributed by atoms with Crippen molar-refractivity contribution >= 4 is 11.9 Å². The number of rotatable bonds is 4. The Hall–Kier alpha value is -3.06. The molecule has 0 radical (unpaired) electrons. The van der Waals surface area contributed by atoms with E-state index < -0.39 is 6.09 Å². The first-order chi connectivity index (χ1) is 11.1. The summed E-state index contributed by atoms with van der Waals surface area (Å²) >= 11 is 0. The highest BCUT2D eigenvalue weighted by Crippen LogP contribution is 2.04. The number of hydrogen-bond acceptors (Lipinski definition) is 3. The summed E-state index contributed by atoms with van der Waals surface area (Å²) in [7, 11) is 0. The number of benzene rings is 2. The van der Waals surface area contributed by atoms with Gasteiger partial charge in [0, 0.05) is 11.1 Å². The van der Waals surface area contributed by atoms with Gasteiger partial charge in [0.05, 0.1) is 6.54 Å². The Morgan fingerprint density at radius 1 is 1.09 bits per heavy atom. The van der Waals surface area contributed by atoms with Crippen LogP contribution in [0.4, 0.5) is 4.79 Å². The lowest BCUT2D eigenvalue weighted by Crippen LogP contribution is -2.24. The Morgan fingerprint density at radius 3 is 2.61 bits per heavy atom. The van der Waals surface area contributed by atoms with Crippen molar-refractivity contribution in [1.82, 2.24) is 5.32 Å². The first kappa shape index (κ1) is 16.3. The molecular formula is C19H17NO3. The van der Waals surface area contributed by atoms with Gasteiger partial charge >= 0.3 is 6.09 Å². The maximum atomic E-state index is 11.5. The molecule has 0 saturated carbocycles. The third-order valence-electron chi connectivity index (χ3n) is 3.04. The molecule has 4 heteroatoms. The fourth-order valence-electron chi connectivity index (χ4n) is 1.85. The van der Waals surface area contributed by atoms with Gasteiger partial charge in [-0.2, -0.15) is 0 Å². The second kappa shape index (κ2) is 8.40. The predicted molar refractivity (Wildman–Crippen MR) is 88.0 cm³/mol. The van der Waals surface area contributed by atoms with Crippen molar-refractivity contribution in [2.24, 2.45) is 0 Å². The van der Waals surface area contributed by atoms with Crippen LogP contribution in [-0.4, -0.2) is 18.4 Å². The minimum Gasteiger partial charge on any atom is -0.445 e. The molecule has 0 bridgehead atoms. The standard InChI is InChI=1S/C19H17NO3/c1-15(21)18-11-5-9-16(13-18)10-6-12-20-19(22)23-14-17-7-3-2-4-8-17/h2-5,7-9,11,13H,12,14H2,1H3,(H,20,22). The Morgan fingerprint density at radius 2 is 1.87 bits per heavy atom. The monoisotopic (exact) mass is 307 g/mol. The first-order valence-electron chi connectivity index (χ1n) is 7.19. The van der Waals surface area contributed by atoms with Gasteiger partial charge in [0.1, 0.15) is 6.61 Å². The molecule has 0 aliphatic heterocycles. The summed E-state index contributed by atoms with van der Waals surface area (Å²) in [6.45, 7) is 1.91. The highest BCUT2D eigenvalue weighted by Gasteiger charge is 2.00. The third-order valence-corrected chi connectivity index (χ3v) is 3.04. The average molecular weight is 307 g/mol. The molecule has 4 nitrogen and oxygen atoms in total. The fraction of sp³-hybridized carbons (Fsp3) is 0.158. The van der Waals surface area contributed by atoms with Crippen LogP contribution in [0.5, 0.6) is 0 Å². The van der Waals surface area contributed by atoms with E-state index in [1.165, 1.54) is 6.92 Å². The Bertz CT molecular complexity index is 742. The van der Waals surface area contributed by atoms with E-state index in [1.54, 1.807) is 18.2 Å². The number of ketones is 1. The SMILES string of the molecule is CC(=O)c1cccc(C#CCNC(=O)OCc2ccccc2)c1. The number of amides is 1. The molecule has 0 atom stereocenters. The van der Waals surface area contributed by atoms with Gasteiger partial charge in [-0.15, -0.1) is 0 Å². The molecule has 0 aliphatic carbocycles. The number of hydrogen-bond donors (Lipinski definition) is 1. The third kappa shape index (κ3) is 5.68. The number of ether oxygens (including phenoxy) is 1. The van der Waals surface area contributed by atoms with Gasteiger partial charge in [-0.1, -0.05) is 54.3 Å². The number of Topliss-reactive ketones (excluding diaryl/α,β-unsaturated/α-hetero) is 1. The molecule has 0 aliphatic rings. The maximum absolute atomic E-state index is 11.5. The van der Waals surface area contributed by atoms with E-state index in [1.807, 2.05) is 36.4 Å². The van der Waals surface area contributed by atoms with Crippen LogP contribution in [0, 0.1) is 11.8 Å². The van der Waals surface area contributed by atoms with Crippen LogP contribution in [0.15, 0.2) is 54.6 Å². The van der Waals surface area contributed by atoms with E-state index in [0.717, 1.165) is 11.1 Å². The van der Waals surface area contributed by atoms with Gasteiger partial charge in [-0.05, 0) is 24.6 Å². The summed E-state index contributed by atoms with van der Waals surface area (Å²) in [4.78, 5) is 22.8. The summed E-state index contributed by atoms with van der Waals surface area (Å²) in [6, 6.07) is 16.5. The van der Waals surface area contributed by atoms with Gasteiger partial charge in [-0.3, -0.25) is 4.79 Å². The van der Waals surface area contributed by atoms with Gasteiger partial charge in [-0.25, -0.2) is 4.79 Å². The van der Waals surface area contributed by atoms with Crippen LogP contribution in [-0.2, 0) is 11.3 Å². The fourth-order valence-corrected chi connectivity index (χ4v) is 1.85. The number of carbonyl (C=O) groups excluding carboxylic acids is 2. The van der Waals surface area contributed by atoms with Crippen LogP contribution in [0.1, 0.15) is 28.4 Å². The Kier molecular flexibility index (Phi) is 5.96. The van der Waals surface area contributed by atoms with E-state index >= 15 is 0 Å². The molecule has 0 saturated heterocycles. The zero-order chi connectivity index (χ0) is 16.5. The maximum Gasteiger partial charge on any atom is 0.408 e. The minimum absolute atomic E-state index is 0.00346. The molecule has 1 amide bonds. The minimum atomic E-state index is -0.513. The zero-order valence-electron chi connectivity index (χ0n) is 12.8. The predicted octanol–water partition coefficient (Wildman–Crippen LogP) is 3.17. The van der Waals surface area contributed by atoms with Gasteiger partial charge in [0.25, 0.3) is 0 Å². The zero-order valence-corrected chi connectivity index (χ0v) is 12.8. The summed E-state index contributed by atoms with van der Waals surface area (Å²) in [5.41, 5.74) is 2.28. The highest BCUT2D eigenvalue weighted by molar-refractivity contribution is 5.94. The molecule has 0 unspecified atom stereocenters. The molecule has 0 fully saturated rings. The number of carbonyl (C=O) groups is 2. The molecule has 2 aromatic rings. The van der Waals surface area contributed by atoms with E-state index in [0.29, 0.717) is 5.56 Å². The Balaban J connectivity index is 1.78. The van der Waals surface area contributed by atoms with E-state index in [4.69, 9.17) is 4.74 Å². The topological polar surface area (TPSA) is 55.4 Å². The second-order valence-electron chi connectivity index (χ2n) is 4.85. The van der Waals surface area contributed by atoms with E-state index in [2.05, 4.69) is 17.2 Å². The van der Waals surface area contributed by atoms with Crippen LogP contribution < -0.4 is 5.32 Å². The summed E-state index contributed by atoms with van der Waals surface area (Å²) < 4.78 is 5.07. The molecule has 116 valence electrons. The lowest BCUT2D eigenvalue weighted by molar-refractivity contribution is 0.101. The van der Waals surface area contributed by atoms with E-state index in [9.17, 15) is 9.59 Å². The number of alkyl carbamates (subject to hydrolysis) is 1.